The first kappa shape index (κ1) is 18.0. The molecular formula is C19H23N3O4. The second-order valence-corrected chi connectivity index (χ2v) is 6.76. The van der Waals surface area contributed by atoms with Crippen molar-refractivity contribution in [2.45, 2.75) is 32.6 Å². The molecule has 0 radical (unpaired) electrons. The lowest BCUT2D eigenvalue weighted by atomic mass is 9.85. The van der Waals surface area contributed by atoms with Crippen LogP contribution in [-0.2, 0) is 9.53 Å². The summed E-state index contributed by atoms with van der Waals surface area (Å²) >= 11 is 0. The van der Waals surface area contributed by atoms with Crippen molar-refractivity contribution in [2.75, 3.05) is 19.0 Å². The van der Waals surface area contributed by atoms with Gasteiger partial charge >= 0.3 is 5.97 Å². The minimum atomic E-state index is -0.510. The van der Waals surface area contributed by atoms with Crippen LogP contribution in [0.25, 0.3) is 0 Å². The highest BCUT2D eigenvalue weighted by atomic mass is 16.5. The number of anilines is 1. The van der Waals surface area contributed by atoms with Gasteiger partial charge in [-0.1, -0.05) is 26.0 Å². The van der Waals surface area contributed by atoms with E-state index in [4.69, 9.17) is 9.47 Å². The monoisotopic (exact) mass is 357 g/mol. The maximum atomic E-state index is 12.1. The summed E-state index contributed by atoms with van der Waals surface area (Å²) in [5, 5.41) is 9.43. The molecule has 1 amide bonds. The Balaban J connectivity index is 1.91. The molecule has 1 aromatic heterocycles. The highest BCUT2D eigenvalue weighted by Crippen LogP contribution is 2.39. The van der Waals surface area contributed by atoms with Crippen molar-refractivity contribution in [3.8, 4) is 5.75 Å². The number of nitrogens with one attached hydrogen (secondary N) is 2. The van der Waals surface area contributed by atoms with Crippen LogP contribution in [0.15, 0.2) is 24.3 Å². The lowest BCUT2D eigenvalue weighted by Gasteiger charge is -2.23. The predicted molar refractivity (Wildman–Crippen MR) is 96.4 cm³/mol. The lowest BCUT2D eigenvalue weighted by Crippen LogP contribution is -2.24. The van der Waals surface area contributed by atoms with Crippen LogP contribution in [0.5, 0.6) is 5.75 Å². The number of ether oxygens (including phenoxy) is 2. The fourth-order valence-electron chi connectivity index (χ4n) is 3.03. The number of rotatable bonds is 6. The molecule has 7 heteroatoms. The normalized spacial score (nSPS) is 16.2. The van der Waals surface area contributed by atoms with Gasteiger partial charge in [0.15, 0.2) is 5.82 Å². The molecule has 138 valence electrons. The van der Waals surface area contributed by atoms with Gasteiger partial charge in [-0.15, -0.1) is 0 Å². The molecule has 3 rings (SSSR count). The van der Waals surface area contributed by atoms with Gasteiger partial charge in [0, 0.05) is 17.9 Å². The Morgan fingerprint density at radius 2 is 2.19 bits per heavy atom. The number of carbonyl (C=O) groups excluding carboxylic acids is 2. The van der Waals surface area contributed by atoms with Crippen molar-refractivity contribution in [2.24, 2.45) is 5.92 Å². The van der Waals surface area contributed by atoms with Crippen LogP contribution in [0.2, 0.25) is 0 Å². The van der Waals surface area contributed by atoms with Gasteiger partial charge in [0.1, 0.15) is 11.4 Å². The number of esters is 1. The van der Waals surface area contributed by atoms with E-state index in [0.29, 0.717) is 23.9 Å². The molecule has 7 nitrogen and oxygen atoms in total. The topological polar surface area (TPSA) is 93.3 Å². The van der Waals surface area contributed by atoms with Crippen molar-refractivity contribution in [3.63, 3.8) is 0 Å². The van der Waals surface area contributed by atoms with Gasteiger partial charge in [-0.25, -0.2) is 4.79 Å². The summed E-state index contributed by atoms with van der Waals surface area (Å²) in [4.78, 5) is 24.1. The molecule has 1 aliphatic heterocycles. The van der Waals surface area contributed by atoms with Crippen LogP contribution in [0.3, 0.4) is 0 Å². The fourth-order valence-corrected chi connectivity index (χ4v) is 3.03. The molecule has 0 aliphatic carbocycles. The number of methoxy groups -OCH3 is 1. The maximum absolute atomic E-state index is 12.1. The number of benzene rings is 1. The Morgan fingerprint density at radius 3 is 2.92 bits per heavy atom. The number of H-pyrrole nitrogens is 1. The van der Waals surface area contributed by atoms with E-state index < -0.39 is 5.97 Å². The van der Waals surface area contributed by atoms with Gasteiger partial charge in [0.05, 0.1) is 13.7 Å². The summed E-state index contributed by atoms with van der Waals surface area (Å²) < 4.78 is 10.7. The average molecular weight is 357 g/mol. The van der Waals surface area contributed by atoms with Crippen LogP contribution >= 0.6 is 0 Å². The molecule has 2 aromatic rings. The smallest absolute Gasteiger partial charge is 0.356 e. The largest absolute Gasteiger partial charge is 0.494 e. The Morgan fingerprint density at radius 1 is 1.38 bits per heavy atom. The average Bonchev–Trinajstić information content (AvgIpc) is 3.04. The Labute approximate surface area is 152 Å². The number of fused-ring (bicyclic) bond motifs is 1. The maximum Gasteiger partial charge on any atom is 0.356 e. The number of hydrogen-bond acceptors (Lipinski definition) is 5. The molecule has 0 saturated carbocycles. The summed E-state index contributed by atoms with van der Waals surface area (Å²) in [5.74, 6) is 0.744. The first-order chi connectivity index (χ1) is 12.5. The van der Waals surface area contributed by atoms with Gasteiger partial charge in [-0.05, 0) is 30.0 Å². The van der Waals surface area contributed by atoms with Crippen LogP contribution in [0.1, 0.15) is 54.2 Å². The van der Waals surface area contributed by atoms with Gasteiger partial charge in [0.25, 0.3) is 0 Å². The van der Waals surface area contributed by atoms with E-state index in [1.165, 1.54) is 7.11 Å². The summed E-state index contributed by atoms with van der Waals surface area (Å²) in [6.45, 7) is 4.93. The first-order valence-electron chi connectivity index (χ1n) is 8.68. The Kier molecular flexibility index (Phi) is 5.25. The van der Waals surface area contributed by atoms with E-state index in [9.17, 15) is 9.59 Å². The predicted octanol–water partition coefficient (Wildman–Crippen LogP) is 3.10. The highest BCUT2D eigenvalue weighted by molar-refractivity contribution is 5.98. The molecule has 0 fully saturated rings. The molecule has 26 heavy (non-hydrogen) atoms. The van der Waals surface area contributed by atoms with Crippen LogP contribution in [-0.4, -0.2) is 35.8 Å². The molecule has 2 heterocycles. The summed E-state index contributed by atoms with van der Waals surface area (Å²) in [6.07, 6.45) is 1.19. The molecule has 1 aliphatic rings. The van der Waals surface area contributed by atoms with Crippen molar-refractivity contribution in [1.82, 2.24) is 10.2 Å². The number of nitrogens with zero attached hydrogens (tertiary/aromatic N) is 1. The fraction of sp³-hybridized carbons (Fsp3) is 0.421. The minimum Gasteiger partial charge on any atom is -0.494 e. The Hall–Kier alpha value is -2.83. The third kappa shape index (κ3) is 3.71. The number of aromatic amines is 1. The first-order valence-corrected chi connectivity index (χ1v) is 8.68. The molecule has 1 aromatic carbocycles. The Bertz CT molecular complexity index is 813. The van der Waals surface area contributed by atoms with Crippen molar-refractivity contribution >= 4 is 17.7 Å². The van der Waals surface area contributed by atoms with E-state index in [1.54, 1.807) is 0 Å². The molecule has 1 unspecified atom stereocenters. The van der Waals surface area contributed by atoms with Crippen LogP contribution < -0.4 is 10.1 Å². The van der Waals surface area contributed by atoms with Crippen molar-refractivity contribution in [3.05, 3.63) is 41.1 Å². The summed E-state index contributed by atoms with van der Waals surface area (Å²) in [6, 6.07) is 7.63. The quantitative estimate of drug-likeness (QED) is 0.775. The molecule has 2 N–H and O–H groups in total. The van der Waals surface area contributed by atoms with E-state index in [-0.39, 0.29) is 23.9 Å². The molecule has 0 saturated heterocycles. The zero-order valence-corrected chi connectivity index (χ0v) is 15.2. The summed E-state index contributed by atoms with van der Waals surface area (Å²) in [5.41, 5.74) is 1.81. The van der Waals surface area contributed by atoms with Gasteiger partial charge in [-0.2, -0.15) is 5.10 Å². The van der Waals surface area contributed by atoms with Crippen molar-refractivity contribution < 1.29 is 19.1 Å². The third-order valence-corrected chi connectivity index (χ3v) is 4.41. The number of carbonyl (C=O) groups is 2. The van der Waals surface area contributed by atoms with E-state index in [1.807, 2.05) is 24.3 Å². The molecule has 1 atom stereocenters. The van der Waals surface area contributed by atoms with Crippen molar-refractivity contribution in [1.29, 1.82) is 0 Å². The minimum absolute atomic E-state index is 0.142. The number of hydrogen-bond donors (Lipinski definition) is 2. The molecular weight excluding hydrogens is 334 g/mol. The molecule has 0 bridgehead atoms. The highest BCUT2D eigenvalue weighted by Gasteiger charge is 2.34. The van der Waals surface area contributed by atoms with Crippen LogP contribution in [0.4, 0.5) is 5.82 Å². The van der Waals surface area contributed by atoms with E-state index in [0.717, 1.165) is 17.7 Å². The number of aromatic nitrogens is 2. The zero-order valence-electron chi connectivity index (χ0n) is 15.2. The summed E-state index contributed by atoms with van der Waals surface area (Å²) in [7, 11) is 1.31. The third-order valence-electron chi connectivity index (χ3n) is 4.41. The van der Waals surface area contributed by atoms with Gasteiger partial charge in [-0.3, -0.25) is 9.89 Å². The second kappa shape index (κ2) is 7.59. The van der Waals surface area contributed by atoms with Gasteiger partial charge < -0.3 is 14.8 Å². The second-order valence-electron chi connectivity index (χ2n) is 6.76. The van der Waals surface area contributed by atoms with Gasteiger partial charge in [0.2, 0.25) is 5.91 Å². The zero-order chi connectivity index (χ0) is 18.7. The van der Waals surface area contributed by atoms with E-state index in [2.05, 4.69) is 29.4 Å². The standard InChI is InChI=1S/C19H23N3O4/c1-11(2)7-8-26-13-6-4-5-12(9-13)14-10-15(23)20-18-16(14)17(21-22-18)19(24)25-3/h4-6,9,11,14H,7-8,10H2,1-3H3,(H2,20,21,22,23). The molecule has 0 spiro atoms. The van der Waals surface area contributed by atoms with E-state index >= 15 is 0 Å². The van der Waals surface area contributed by atoms with Crippen LogP contribution in [0, 0.1) is 5.92 Å². The SMILES string of the molecule is COC(=O)c1[nH]nc2c1C(c1cccc(OCCC(C)C)c1)CC(=O)N2. The lowest BCUT2D eigenvalue weighted by molar-refractivity contribution is -0.116. The number of amides is 1.